The monoisotopic (exact) mass is 474 g/mol. The van der Waals surface area contributed by atoms with Crippen LogP contribution >= 0.6 is 0 Å². The molecule has 0 saturated carbocycles. The maximum Gasteiger partial charge on any atom is 0.308 e. The van der Waals surface area contributed by atoms with E-state index < -0.39 is 5.41 Å². The summed E-state index contributed by atoms with van der Waals surface area (Å²) in [4.78, 5) is 46.8. The fourth-order valence-electron chi connectivity index (χ4n) is 2.75. The van der Waals surface area contributed by atoms with Gasteiger partial charge in [0.05, 0.1) is 78.7 Å². The van der Waals surface area contributed by atoms with Gasteiger partial charge < -0.3 is 28.4 Å². The average molecular weight is 475 g/mol. The minimum Gasteiger partial charge on any atom is -0.466 e. The predicted molar refractivity (Wildman–Crippen MR) is 118 cm³/mol. The summed E-state index contributed by atoms with van der Waals surface area (Å²) in [7, 11) is 0. The lowest BCUT2D eigenvalue weighted by Gasteiger charge is -2.32. The van der Waals surface area contributed by atoms with Crippen LogP contribution in [-0.4, -0.2) is 83.2 Å². The molecule has 0 aliphatic rings. The molecule has 0 amide bonds. The van der Waals surface area contributed by atoms with E-state index in [0.29, 0.717) is 0 Å². The van der Waals surface area contributed by atoms with E-state index in [0.717, 1.165) is 0 Å². The van der Waals surface area contributed by atoms with Crippen LogP contribution in [0.5, 0.6) is 0 Å². The molecular formula is C23H38O10. The van der Waals surface area contributed by atoms with Crippen molar-refractivity contribution in [1.82, 2.24) is 0 Å². The number of ether oxygens (including phenoxy) is 6. The van der Waals surface area contributed by atoms with Crippen molar-refractivity contribution < 1.29 is 47.6 Å². The second kappa shape index (κ2) is 19.2. The largest absolute Gasteiger partial charge is 0.466 e. The second-order valence-corrected chi connectivity index (χ2v) is 7.17. The van der Waals surface area contributed by atoms with Crippen LogP contribution in [0, 0.1) is 5.41 Å². The topological polar surface area (TPSA) is 124 Å². The smallest absolute Gasteiger partial charge is 0.308 e. The second-order valence-electron chi connectivity index (χ2n) is 7.17. The first-order valence-corrected chi connectivity index (χ1v) is 11.2. The molecule has 0 heterocycles. The molecule has 0 radical (unpaired) electrons. The predicted octanol–water partition coefficient (Wildman–Crippen LogP) is 2.03. The number of carbonyl (C=O) groups excluding carboxylic acids is 4. The van der Waals surface area contributed by atoms with Gasteiger partial charge in [0.25, 0.3) is 0 Å². The lowest BCUT2D eigenvalue weighted by atomic mass is 9.85. The zero-order valence-electron chi connectivity index (χ0n) is 20.1. The lowest BCUT2D eigenvalue weighted by Crippen LogP contribution is -2.40. The van der Waals surface area contributed by atoms with Gasteiger partial charge in [0.2, 0.25) is 0 Å². The molecule has 0 aliphatic carbocycles. The number of esters is 3. The third kappa shape index (κ3) is 16.0. The molecule has 0 aliphatic heterocycles. The van der Waals surface area contributed by atoms with Crippen molar-refractivity contribution in [3.63, 3.8) is 0 Å². The maximum absolute atomic E-state index is 12.2. The Labute approximate surface area is 195 Å². The number of allylic oxidation sites excluding steroid dienone is 1. The van der Waals surface area contributed by atoms with Crippen LogP contribution in [-0.2, 0) is 47.6 Å². The van der Waals surface area contributed by atoms with Crippen molar-refractivity contribution in [1.29, 1.82) is 0 Å². The Morgan fingerprint density at radius 2 is 1.00 bits per heavy atom. The fourth-order valence-corrected chi connectivity index (χ4v) is 2.75. The van der Waals surface area contributed by atoms with E-state index in [1.54, 1.807) is 20.8 Å². The van der Waals surface area contributed by atoms with Gasteiger partial charge in [-0.2, -0.15) is 0 Å². The number of hydrogen-bond donors (Lipinski definition) is 0. The van der Waals surface area contributed by atoms with Crippen LogP contribution in [0.25, 0.3) is 0 Å². The number of rotatable bonds is 21. The fraction of sp³-hybridized carbons (Fsp3) is 0.739. The Morgan fingerprint density at radius 1 is 0.667 bits per heavy atom. The van der Waals surface area contributed by atoms with Crippen LogP contribution < -0.4 is 0 Å². The van der Waals surface area contributed by atoms with Crippen LogP contribution in [0.1, 0.15) is 46.5 Å². The van der Waals surface area contributed by atoms with Crippen LogP contribution in [0.15, 0.2) is 12.7 Å². The molecule has 0 unspecified atom stereocenters. The number of hydrogen-bond acceptors (Lipinski definition) is 10. The first-order chi connectivity index (χ1) is 15.8. The lowest BCUT2D eigenvalue weighted by molar-refractivity contribution is -0.146. The molecule has 0 fully saturated rings. The first kappa shape index (κ1) is 30.7. The molecule has 0 bridgehead atoms. The Bertz CT molecular complexity index is 537. The Kier molecular flexibility index (Phi) is 17.9. The highest BCUT2D eigenvalue weighted by Crippen LogP contribution is 2.26. The molecule has 0 aromatic rings. The van der Waals surface area contributed by atoms with Crippen LogP contribution in [0.4, 0.5) is 0 Å². The third-order valence-corrected chi connectivity index (χ3v) is 4.27. The molecule has 0 aromatic heterocycles. The van der Waals surface area contributed by atoms with E-state index in [-0.39, 0.29) is 109 Å². The van der Waals surface area contributed by atoms with Gasteiger partial charge in [-0.15, -0.1) is 0 Å². The molecule has 0 rings (SSSR count). The molecular weight excluding hydrogens is 436 g/mol. The molecule has 0 spiro atoms. The van der Waals surface area contributed by atoms with Crippen LogP contribution in [0.2, 0.25) is 0 Å². The van der Waals surface area contributed by atoms with Gasteiger partial charge in [-0.25, -0.2) is 0 Å². The number of ketones is 1. The van der Waals surface area contributed by atoms with E-state index in [2.05, 4.69) is 6.58 Å². The summed E-state index contributed by atoms with van der Waals surface area (Å²) in [5.74, 6) is -1.41. The summed E-state index contributed by atoms with van der Waals surface area (Å²) in [6.07, 6.45) is 1.39. The summed E-state index contributed by atoms with van der Waals surface area (Å²) in [5, 5.41) is 0. The van der Waals surface area contributed by atoms with Crippen molar-refractivity contribution in [2.24, 2.45) is 5.41 Å². The average Bonchev–Trinajstić information content (AvgIpc) is 2.78. The van der Waals surface area contributed by atoms with Crippen molar-refractivity contribution in [2.45, 2.75) is 46.5 Å². The highest BCUT2D eigenvalue weighted by Gasteiger charge is 2.34. The van der Waals surface area contributed by atoms with Gasteiger partial charge in [-0.05, 0) is 26.8 Å². The van der Waals surface area contributed by atoms with E-state index in [9.17, 15) is 19.2 Å². The van der Waals surface area contributed by atoms with Crippen molar-refractivity contribution in [3.8, 4) is 0 Å². The van der Waals surface area contributed by atoms with E-state index >= 15 is 0 Å². The van der Waals surface area contributed by atoms with Crippen LogP contribution in [0.3, 0.4) is 0 Å². The number of carbonyl (C=O) groups is 4. The van der Waals surface area contributed by atoms with Gasteiger partial charge >= 0.3 is 17.9 Å². The minimum atomic E-state index is -0.913. The van der Waals surface area contributed by atoms with Crippen molar-refractivity contribution in [2.75, 3.05) is 59.5 Å². The summed E-state index contributed by atoms with van der Waals surface area (Å²) >= 11 is 0. The van der Waals surface area contributed by atoms with Crippen molar-refractivity contribution >= 4 is 23.7 Å². The zero-order chi connectivity index (χ0) is 25.0. The SMILES string of the molecule is C=CC(=O)CC(COCCC(=O)OCC)(COCCC(=O)OCC)COCCC(=O)OCC. The minimum absolute atomic E-state index is 0.00865. The molecule has 0 aromatic carbocycles. The first-order valence-electron chi connectivity index (χ1n) is 11.2. The summed E-state index contributed by atoms with van der Waals surface area (Å²) in [6.45, 7) is 9.90. The molecule has 10 nitrogen and oxygen atoms in total. The highest BCUT2D eigenvalue weighted by atomic mass is 16.5. The molecule has 190 valence electrons. The zero-order valence-corrected chi connectivity index (χ0v) is 20.1. The van der Waals surface area contributed by atoms with Gasteiger partial charge in [0.15, 0.2) is 5.78 Å². The maximum atomic E-state index is 12.2. The molecule has 0 atom stereocenters. The van der Waals surface area contributed by atoms with Gasteiger partial charge in [-0.1, -0.05) is 6.58 Å². The molecule has 33 heavy (non-hydrogen) atoms. The Hall–Kier alpha value is -2.30. The summed E-state index contributed by atoms with van der Waals surface area (Å²) in [5.41, 5.74) is -0.913. The molecule has 0 saturated heterocycles. The normalized spacial score (nSPS) is 11.0. The summed E-state index contributed by atoms with van der Waals surface area (Å²) < 4.78 is 31.6. The highest BCUT2D eigenvalue weighted by molar-refractivity contribution is 5.89. The van der Waals surface area contributed by atoms with E-state index in [4.69, 9.17) is 28.4 Å². The van der Waals surface area contributed by atoms with Gasteiger partial charge in [0, 0.05) is 11.8 Å². The van der Waals surface area contributed by atoms with E-state index in [1.807, 2.05) is 0 Å². The standard InChI is InChI=1S/C23H38O10/c1-5-19(24)15-23(16-28-12-9-20(25)31-6-2,17-29-13-10-21(26)32-7-3)18-30-14-11-22(27)33-8-4/h5H,1,6-18H2,2-4H3. The van der Waals surface area contributed by atoms with E-state index in [1.165, 1.54) is 6.08 Å². The van der Waals surface area contributed by atoms with Crippen molar-refractivity contribution in [3.05, 3.63) is 12.7 Å². The third-order valence-electron chi connectivity index (χ3n) is 4.27. The molecule has 10 heteroatoms. The summed E-state index contributed by atoms with van der Waals surface area (Å²) in [6, 6.07) is 0. The molecule has 0 N–H and O–H groups in total. The van der Waals surface area contributed by atoms with Gasteiger partial charge in [0.1, 0.15) is 0 Å². The Morgan fingerprint density at radius 3 is 1.27 bits per heavy atom. The van der Waals surface area contributed by atoms with Gasteiger partial charge in [-0.3, -0.25) is 19.2 Å². The Balaban J connectivity index is 5.07. The quantitative estimate of drug-likeness (QED) is 0.106.